The molecular weight excluding hydrogens is 530 g/mol. The first kappa shape index (κ1) is 25.2. The summed E-state index contributed by atoms with van der Waals surface area (Å²) in [5.41, 5.74) is 2.64. The average Bonchev–Trinajstić information content (AvgIpc) is 2.86. The Hall–Kier alpha value is -3.92. The number of benzene rings is 2. The maximum atomic E-state index is 13.3. The van der Waals surface area contributed by atoms with Gasteiger partial charge in [0.1, 0.15) is 12.4 Å². The number of rotatable bonds is 7. The highest BCUT2D eigenvalue weighted by Crippen LogP contribution is 2.29. The van der Waals surface area contributed by atoms with Gasteiger partial charge in [-0.15, -0.1) is 0 Å². The van der Waals surface area contributed by atoms with Gasteiger partial charge in [-0.1, -0.05) is 15.9 Å². The zero-order valence-electron chi connectivity index (χ0n) is 19.9. The van der Waals surface area contributed by atoms with E-state index in [0.717, 1.165) is 10.0 Å². The van der Waals surface area contributed by atoms with E-state index in [2.05, 4.69) is 26.6 Å². The van der Waals surface area contributed by atoms with Crippen LogP contribution < -0.4 is 15.4 Å². The second-order valence-electron chi connectivity index (χ2n) is 7.95. The second-order valence-corrected chi connectivity index (χ2v) is 8.87. The molecule has 1 aliphatic rings. The monoisotopic (exact) mass is 553 g/mol. The van der Waals surface area contributed by atoms with Crippen LogP contribution >= 0.6 is 15.9 Å². The minimum Gasteiger partial charge on any atom is -0.497 e. The Kier molecular flexibility index (Phi) is 7.54. The van der Waals surface area contributed by atoms with Crippen LogP contribution in [0.2, 0.25) is 0 Å². The Morgan fingerprint density at radius 1 is 1.06 bits per heavy atom. The van der Waals surface area contributed by atoms with E-state index < -0.39 is 24.0 Å². The van der Waals surface area contributed by atoms with Crippen LogP contribution in [0.4, 0.5) is 4.79 Å². The van der Waals surface area contributed by atoms with Crippen LogP contribution in [0.15, 0.2) is 64.3 Å². The first-order valence-electron chi connectivity index (χ1n) is 11.2. The van der Waals surface area contributed by atoms with Gasteiger partial charge in [0.05, 0.1) is 47.8 Å². The number of pyridine rings is 1. The van der Waals surface area contributed by atoms with Crippen molar-refractivity contribution in [2.75, 3.05) is 20.3 Å². The van der Waals surface area contributed by atoms with Crippen LogP contribution in [0.5, 0.6) is 5.75 Å². The molecule has 0 bridgehead atoms. The molecule has 10 heteroatoms. The molecule has 1 aliphatic heterocycles. The molecule has 0 saturated carbocycles. The van der Waals surface area contributed by atoms with Crippen LogP contribution in [0.3, 0.4) is 0 Å². The summed E-state index contributed by atoms with van der Waals surface area (Å²) in [6.45, 7) is 3.19. The summed E-state index contributed by atoms with van der Waals surface area (Å²) in [6.07, 6.45) is 0. The van der Waals surface area contributed by atoms with E-state index in [1.54, 1.807) is 39.2 Å². The van der Waals surface area contributed by atoms with Crippen molar-refractivity contribution in [2.24, 2.45) is 0 Å². The van der Waals surface area contributed by atoms with Gasteiger partial charge in [-0.25, -0.2) is 19.4 Å². The molecule has 9 nitrogen and oxygen atoms in total. The molecule has 0 aliphatic carbocycles. The first-order chi connectivity index (χ1) is 17.3. The van der Waals surface area contributed by atoms with Gasteiger partial charge in [0.2, 0.25) is 0 Å². The van der Waals surface area contributed by atoms with Gasteiger partial charge in [-0.05, 0) is 62.4 Å². The number of carbonyl (C=O) groups excluding carboxylic acids is 3. The molecule has 2 N–H and O–H groups in total. The topological polar surface area (TPSA) is 116 Å². The van der Waals surface area contributed by atoms with Gasteiger partial charge in [-0.2, -0.15) is 0 Å². The molecule has 0 fully saturated rings. The lowest BCUT2D eigenvalue weighted by Gasteiger charge is -2.26. The summed E-state index contributed by atoms with van der Waals surface area (Å²) in [6, 6.07) is 13.3. The molecule has 1 atom stereocenters. The smallest absolute Gasteiger partial charge is 0.339 e. The molecule has 1 aromatic heterocycles. The van der Waals surface area contributed by atoms with Gasteiger partial charge in [0.15, 0.2) is 0 Å². The van der Waals surface area contributed by atoms with Gasteiger partial charge < -0.3 is 24.8 Å². The van der Waals surface area contributed by atoms with Crippen LogP contribution in [0.25, 0.3) is 22.2 Å². The van der Waals surface area contributed by atoms with E-state index in [1.807, 2.05) is 30.3 Å². The highest BCUT2D eigenvalue weighted by Gasteiger charge is 2.30. The van der Waals surface area contributed by atoms with Crippen molar-refractivity contribution in [1.82, 2.24) is 15.6 Å². The summed E-state index contributed by atoms with van der Waals surface area (Å²) in [5.74, 6) is -0.526. The summed E-state index contributed by atoms with van der Waals surface area (Å²) in [4.78, 5) is 42.5. The predicted molar refractivity (Wildman–Crippen MR) is 137 cm³/mol. The molecule has 3 aromatic rings. The second kappa shape index (κ2) is 10.8. The van der Waals surface area contributed by atoms with E-state index in [-0.39, 0.29) is 24.5 Å². The van der Waals surface area contributed by atoms with E-state index in [9.17, 15) is 14.4 Å². The van der Waals surface area contributed by atoms with Crippen LogP contribution in [0.1, 0.15) is 24.2 Å². The normalized spacial score (nSPS) is 15.2. The number of aromatic nitrogens is 1. The zero-order valence-corrected chi connectivity index (χ0v) is 21.5. The Bertz CT molecular complexity index is 1370. The van der Waals surface area contributed by atoms with Gasteiger partial charge in [-0.3, -0.25) is 0 Å². The lowest BCUT2D eigenvalue weighted by molar-refractivity contribution is -0.139. The Morgan fingerprint density at radius 3 is 2.50 bits per heavy atom. The standard InChI is InChI=1S/C26H24BrN3O6/c1-4-35-25(32)23-14(2)28-26(33)30-22(23)13-36-24(31)19-12-21(15-5-8-17(34-3)9-6-15)29-20-10-7-16(27)11-18(19)20/h5-12,14H,4,13H2,1-3H3,(H2,28,30,33)/t14-/m1/s1. The van der Waals surface area contributed by atoms with Gasteiger partial charge >= 0.3 is 18.0 Å². The molecule has 0 saturated heterocycles. The average molecular weight is 554 g/mol. The van der Waals surface area contributed by atoms with Crippen LogP contribution in [0, 0.1) is 0 Å². The number of halogens is 1. The lowest BCUT2D eigenvalue weighted by Crippen LogP contribution is -2.50. The van der Waals surface area contributed by atoms with Crippen molar-refractivity contribution in [1.29, 1.82) is 0 Å². The number of methoxy groups -OCH3 is 1. The Morgan fingerprint density at radius 2 is 1.81 bits per heavy atom. The number of esters is 2. The maximum Gasteiger partial charge on any atom is 0.339 e. The molecule has 2 aromatic carbocycles. The third kappa shape index (κ3) is 5.33. The molecule has 0 spiro atoms. The number of ether oxygens (including phenoxy) is 3. The fourth-order valence-corrected chi connectivity index (χ4v) is 4.25. The molecule has 36 heavy (non-hydrogen) atoms. The predicted octanol–water partition coefficient (Wildman–Crippen LogP) is 4.35. The molecule has 4 rings (SSSR count). The maximum absolute atomic E-state index is 13.3. The van der Waals surface area contributed by atoms with E-state index in [0.29, 0.717) is 27.9 Å². The number of hydrogen-bond donors (Lipinski definition) is 2. The lowest BCUT2D eigenvalue weighted by atomic mass is 10.0. The number of nitrogens with one attached hydrogen (secondary N) is 2. The van der Waals surface area contributed by atoms with Gasteiger partial charge in [0.25, 0.3) is 0 Å². The summed E-state index contributed by atoms with van der Waals surface area (Å²) >= 11 is 3.44. The Balaban J connectivity index is 1.69. The fourth-order valence-electron chi connectivity index (χ4n) is 3.89. The Labute approximate surface area is 216 Å². The third-order valence-corrected chi connectivity index (χ3v) is 6.08. The minimum atomic E-state index is -0.633. The molecule has 0 radical (unpaired) electrons. The van der Waals surface area contributed by atoms with E-state index in [4.69, 9.17) is 19.2 Å². The number of amides is 2. The van der Waals surface area contributed by atoms with Gasteiger partial charge in [0, 0.05) is 15.4 Å². The third-order valence-electron chi connectivity index (χ3n) is 5.59. The van der Waals surface area contributed by atoms with Crippen molar-refractivity contribution in [3.8, 4) is 17.0 Å². The SMILES string of the molecule is CCOC(=O)C1=C(COC(=O)c2cc(-c3ccc(OC)cc3)nc3ccc(Br)cc23)NC(=O)N[C@@H]1C. The number of hydrogen-bond acceptors (Lipinski definition) is 7. The van der Waals surface area contributed by atoms with Crippen LogP contribution in [-0.2, 0) is 14.3 Å². The van der Waals surface area contributed by atoms with E-state index in [1.165, 1.54) is 0 Å². The number of fused-ring (bicyclic) bond motifs is 1. The number of carbonyl (C=O) groups is 3. The van der Waals surface area contributed by atoms with Crippen molar-refractivity contribution in [3.05, 3.63) is 69.8 Å². The first-order valence-corrected chi connectivity index (χ1v) is 12.0. The molecule has 0 unspecified atom stereocenters. The van der Waals surface area contributed by atoms with Crippen molar-refractivity contribution in [3.63, 3.8) is 0 Å². The summed E-state index contributed by atoms with van der Waals surface area (Å²) in [7, 11) is 1.59. The summed E-state index contributed by atoms with van der Waals surface area (Å²) in [5, 5.41) is 5.76. The minimum absolute atomic E-state index is 0.169. The van der Waals surface area contributed by atoms with Crippen molar-refractivity contribution >= 4 is 44.8 Å². The summed E-state index contributed by atoms with van der Waals surface area (Å²) < 4.78 is 16.7. The molecule has 2 amide bonds. The number of nitrogens with zero attached hydrogens (tertiary/aromatic N) is 1. The molecule has 186 valence electrons. The highest BCUT2D eigenvalue weighted by molar-refractivity contribution is 9.10. The fraction of sp³-hybridized carbons (Fsp3) is 0.231. The highest BCUT2D eigenvalue weighted by atomic mass is 79.9. The van der Waals surface area contributed by atoms with Crippen molar-refractivity contribution in [2.45, 2.75) is 19.9 Å². The zero-order chi connectivity index (χ0) is 25.8. The quantitative estimate of drug-likeness (QED) is 0.418. The van der Waals surface area contributed by atoms with Crippen LogP contribution in [-0.4, -0.2) is 49.3 Å². The molecular formula is C26H24BrN3O6. The van der Waals surface area contributed by atoms with Crippen molar-refractivity contribution < 1.29 is 28.6 Å². The number of urea groups is 1. The van der Waals surface area contributed by atoms with E-state index >= 15 is 0 Å². The molecule has 2 heterocycles. The largest absolute Gasteiger partial charge is 0.497 e.